The molecule has 0 radical (unpaired) electrons. The van der Waals surface area contributed by atoms with E-state index in [1.54, 1.807) is 41.8 Å². The molecule has 12 heteroatoms. The first kappa shape index (κ1) is 24.9. The minimum atomic E-state index is -3.76. The Hall–Kier alpha value is -3.80. The summed E-state index contributed by atoms with van der Waals surface area (Å²) in [6.45, 7) is 1.80. The monoisotopic (exact) mass is 527 g/mol. The van der Waals surface area contributed by atoms with E-state index in [0.29, 0.717) is 59.6 Å². The summed E-state index contributed by atoms with van der Waals surface area (Å²) in [5, 5.41) is 7.84. The lowest BCUT2D eigenvalue weighted by Crippen LogP contribution is -2.27. The number of halogens is 1. The molecule has 3 aromatic heterocycles. The van der Waals surface area contributed by atoms with Crippen LogP contribution in [0.1, 0.15) is 42.6 Å². The summed E-state index contributed by atoms with van der Waals surface area (Å²) in [7, 11) is -0.732. The lowest BCUT2D eigenvalue weighted by Gasteiger charge is -2.20. The Morgan fingerprint density at radius 3 is 2.38 bits per heavy atom. The fourth-order valence-electron chi connectivity index (χ4n) is 4.86. The maximum absolute atomic E-state index is 13.8. The lowest BCUT2D eigenvalue weighted by molar-refractivity contribution is 0.390. The van der Waals surface area contributed by atoms with Crippen LogP contribution < -0.4 is 9.47 Å². The van der Waals surface area contributed by atoms with Crippen molar-refractivity contribution in [1.82, 2.24) is 24.7 Å². The normalized spacial score (nSPS) is 17.7. The predicted molar refractivity (Wildman–Crippen MR) is 132 cm³/mol. The Morgan fingerprint density at radius 2 is 1.76 bits per heavy atom. The number of sulfone groups is 1. The highest BCUT2D eigenvalue weighted by molar-refractivity contribution is 7.91. The topological polar surface area (TPSA) is 122 Å². The predicted octanol–water partition coefficient (Wildman–Crippen LogP) is 4.03. The number of para-hydroxylation sites is 1. The first-order chi connectivity index (χ1) is 17.8. The molecule has 2 atom stereocenters. The molecule has 4 aromatic rings. The highest BCUT2D eigenvalue weighted by Crippen LogP contribution is 2.40. The smallest absolute Gasteiger partial charge is 0.204 e. The summed E-state index contributed by atoms with van der Waals surface area (Å²) in [5.74, 6) is 1.38. The standard InChI is InChI=1S/C25H26FN5O5S/c1-15-10-11-20(36-15)25-30-29-22(31(25)23-18(34-2)7-5-8-19(23)35-3)14-37(32,33)21-9-4-6-17(21)24-27-12-16(26)13-28-24/h5,7-8,10-13,17,21H,4,6,9,14H2,1-3H3/t17-,21-/m0/s1. The number of ether oxygens (including phenoxy) is 2. The Balaban J connectivity index is 1.60. The number of nitrogens with zero attached hydrogens (tertiary/aromatic N) is 5. The molecule has 3 heterocycles. The highest BCUT2D eigenvalue weighted by atomic mass is 32.2. The Labute approximate surface area is 213 Å². The number of hydrogen-bond acceptors (Lipinski definition) is 9. The van der Waals surface area contributed by atoms with Crippen LogP contribution >= 0.6 is 0 Å². The second-order valence-corrected chi connectivity index (χ2v) is 11.1. The minimum Gasteiger partial charge on any atom is -0.494 e. The molecule has 10 nitrogen and oxygen atoms in total. The SMILES string of the molecule is COc1cccc(OC)c1-n1c(CS(=O)(=O)[C@H]2CCC[C@@H]2c2ncc(F)cn2)nnc1-c1ccc(C)o1. The zero-order chi connectivity index (χ0) is 26.2. The fourth-order valence-corrected chi connectivity index (χ4v) is 6.91. The molecule has 0 spiro atoms. The maximum atomic E-state index is 13.8. The number of methoxy groups -OCH3 is 2. The molecular formula is C25H26FN5O5S. The van der Waals surface area contributed by atoms with Crippen LogP contribution in [0.3, 0.4) is 0 Å². The minimum absolute atomic E-state index is 0.178. The lowest BCUT2D eigenvalue weighted by atomic mass is 10.1. The van der Waals surface area contributed by atoms with E-state index >= 15 is 0 Å². The molecule has 0 unspecified atom stereocenters. The molecule has 5 rings (SSSR count). The van der Waals surface area contributed by atoms with Crippen molar-refractivity contribution in [1.29, 1.82) is 0 Å². The van der Waals surface area contributed by atoms with Crippen LogP contribution in [0.2, 0.25) is 0 Å². The molecule has 0 aliphatic heterocycles. The third-order valence-electron chi connectivity index (χ3n) is 6.53. The molecule has 1 aliphatic rings. The van der Waals surface area contributed by atoms with Crippen LogP contribution in [0.15, 0.2) is 47.1 Å². The van der Waals surface area contributed by atoms with Gasteiger partial charge in [-0.25, -0.2) is 22.8 Å². The van der Waals surface area contributed by atoms with Gasteiger partial charge in [-0.2, -0.15) is 0 Å². The van der Waals surface area contributed by atoms with E-state index in [1.807, 2.05) is 0 Å². The molecule has 0 saturated heterocycles. The van der Waals surface area contributed by atoms with Crippen molar-refractivity contribution < 1.29 is 26.7 Å². The van der Waals surface area contributed by atoms with Crippen molar-refractivity contribution >= 4 is 9.84 Å². The average molecular weight is 528 g/mol. The molecule has 1 aliphatic carbocycles. The second kappa shape index (κ2) is 9.92. The Morgan fingerprint density at radius 1 is 1.05 bits per heavy atom. The molecule has 194 valence electrons. The number of hydrogen-bond donors (Lipinski definition) is 0. The summed E-state index contributed by atoms with van der Waals surface area (Å²) in [5.41, 5.74) is 0.455. The van der Waals surface area contributed by atoms with Crippen LogP contribution in [0.5, 0.6) is 11.5 Å². The van der Waals surface area contributed by atoms with Gasteiger partial charge in [-0.1, -0.05) is 12.5 Å². The van der Waals surface area contributed by atoms with Gasteiger partial charge >= 0.3 is 0 Å². The zero-order valence-electron chi connectivity index (χ0n) is 20.6. The Bertz CT molecular complexity index is 1490. The maximum Gasteiger partial charge on any atom is 0.204 e. The van der Waals surface area contributed by atoms with E-state index < -0.39 is 32.6 Å². The number of aryl methyl sites for hydroxylation is 1. The molecule has 1 fully saturated rings. The van der Waals surface area contributed by atoms with E-state index in [-0.39, 0.29) is 5.82 Å². The van der Waals surface area contributed by atoms with Crippen molar-refractivity contribution in [2.75, 3.05) is 14.2 Å². The van der Waals surface area contributed by atoms with E-state index in [2.05, 4.69) is 20.2 Å². The number of aromatic nitrogens is 5. The first-order valence-electron chi connectivity index (χ1n) is 11.7. The van der Waals surface area contributed by atoms with Gasteiger partial charge < -0.3 is 13.9 Å². The molecule has 37 heavy (non-hydrogen) atoms. The average Bonchev–Trinajstić information content (AvgIpc) is 3.64. The van der Waals surface area contributed by atoms with Gasteiger partial charge in [0.15, 0.2) is 27.2 Å². The van der Waals surface area contributed by atoms with Gasteiger partial charge in [0.1, 0.15) is 34.5 Å². The summed E-state index contributed by atoms with van der Waals surface area (Å²) in [6.07, 6.45) is 3.86. The number of benzene rings is 1. The van der Waals surface area contributed by atoms with E-state index in [0.717, 1.165) is 12.4 Å². The summed E-state index contributed by atoms with van der Waals surface area (Å²) >= 11 is 0. The quantitative estimate of drug-likeness (QED) is 0.334. The largest absolute Gasteiger partial charge is 0.494 e. The number of rotatable bonds is 8. The van der Waals surface area contributed by atoms with Crippen LogP contribution in [0, 0.1) is 12.7 Å². The van der Waals surface area contributed by atoms with Gasteiger partial charge in [-0.05, 0) is 44.0 Å². The van der Waals surface area contributed by atoms with Gasteiger partial charge in [0.25, 0.3) is 0 Å². The molecular weight excluding hydrogens is 501 g/mol. The summed E-state index contributed by atoms with van der Waals surface area (Å²) in [4.78, 5) is 8.12. The second-order valence-electron chi connectivity index (χ2n) is 8.84. The van der Waals surface area contributed by atoms with Gasteiger partial charge in [-0.15, -0.1) is 10.2 Å². The molecule has 0 amide bonds. The van der Waals surface area contributed by atoms with E-state index in [4.69, 9.17) is 13.9 Å². The van der Waals surface area contributed by atoms with Gasteiger partial charge in [0, 0.05) is 5.92 Å². The fraction of sp³-hybridized carbons (Fsp3) is 0.360. The van der Waals surface area contributed by atoms with Crippen LogP contribution in [0.4, 0.5) is 4.39 Å². The van der Waals surface area contributed by atoms with E-state index in [1.165, 1.54) is 14.2 Å². The van der Waals surface area contributed by atoms with Gasteiger partial charge in [0.2, 0.25) is 5.82 Å². The third kappa shape index (κ3) is 4.68. The highest BCUT2D eigenvalue weighted by Gasteiger charge is 2.41. The van der Waals surface area contributed by atoms with Gasteiger partial charge in [-0.3, -0.25) is 4.57 Å². The van der Waals surface area contributed by atoms with E-state index in [9.17, 15) is 12.8 Å². The first-order valence-corrected chi connectivity index (χ1v) is 13.5. The van der Waals surface area contributed by atoms with Crippen molar-refractivity contribution in [2.24, 2.45) is 0 Å². The molecule has 0 bridgehead atoms. The molecule has 1 aromatic carbocycles. The van der Waals surface area contributed by atoms with Crippen LogP contribution in [-0.4, -0.2) is 52.6 Å². The Kier molecular flexibility index (Phi) is 6.67. The zero-order valence-corrected chi connectivity index (χ0v) is 21.4. The van der Waals surface area contributed by atoms with Crippen molar-refractivity contribution in [2.45, 2.75) is 43.1 Å². The van der Waals surface area contributed by atoms with Gasteiger partial charge in [0.05, 0.1) is 31.9 Å². The summed E-state index contributed by atoms with van der Waals surface area (Å²) in [6, 6.07) is 8.79. The van der Waals surface area contributed by atoms with Crippen molar-refractivity contribution in [3.63, 3.8) is 0 Å². The van der Waals surface area contributed by atoms with Crippen molar-refractivity contribution in [3.8, 4) is 28.8 Å². The van der Waals surface area contributed by atoms with Crippen LogP contribution in [-0.2, 0) is 15.6 Å². The van der Waals surface area contributed by atoms with Crippen LogP contribution in [0.25, 0.3) is 17.3 Å². The molecule has 0 N–H and O–H groups in total. The molecule has 1 saturated carbocycles. The third-order valence-corrected chi connectivity index (χ3v) is 8.68. The van der Waals surface area contributed by atoms with Crippen molar-refractivity contribution in [3.05, 3.63) is 66.0 Å². The summed E-state index contributed by atoms with van der Waals surface area (Å²) < 4.78 is 59.6. The number of furan rings is 1.